The Bertz CT molecular complexity index is 1110. The molecule has 0 bridgehead atoms. The van der Waals surface area contributed by atoms with Gasteiger partial charge in [-0.2, -0.15) is 9.78 Å². The number of hydrogen-bond acceptors (Lipinski definition) is 7. The molecule has 30 heavy (non-hydrogen) atoms. The van der Waals surface area contributed by atoms with Gasteiger partial charge in [-0.1, -0.05) is 42.1 Å². The van der Waals surface area contributed by atoms with Crippen molar-refractivity contribution in [1.29, 1.82) is 0 Å². The third-order valence-electron chi connectivity index (χ3n) is 4.44. The molecule has 0 amide bonds. The van der Waals surface area contributed by atoms with E-state index in [0.29, 0.717) is 34.6 Å². The summed E-state index contributed by atoms with van der Waals surface area (Å²) in [6, 6.07) is 17.2. The SMILES string of the molecule is CCOC(=O)/C(=C/c1ccccc1)C1=Nn2c(nnc2-c2ccc(OC)cc2)SC1. The number of carbonyl (C=O) groups is 1. The Morgan fingerprint density at radius 1 is 1.13 bits per heavy atom. The van der Waals surface area contributed by atoms with Crippen molar-refractivity contribution in [2.24, 2.45) is 5.10 Å². The van der Waals surface area contributed by atoms with Gasteiger partial charge in [0.2, 0.25) is 5.16 Å². The van der Waals surface area contributed by atoms with Gasteiger partial charge in [0.25, 0.3) is 0 Å². The first-order chi connectivity index (χ1) is 14.7. The average Bonchev–Trinajstić information content (AvgIpc) is 3.21. The van der Waals surface area contributed by atoms with Crippen LogP contribution in [0.25, 0.3) is 17.5 Å². The Kier molecular flexibility index (Phi) is 5.94. The van der Waals surface area contributed by atoms with E-state index in [1.165, 1.54) is 11.8 Å². The Hall–Kier alpha value is -3.39. The monoisotopic (exact) mass is 420 g/mol. The minimum Gasteiger partial charge on any atom is -0.497 e. The number of methoxy groups -OCH3 is 1. The van der Waals surface area contributed by atoms with Crippen LogP contribution >= 0.6 is 11.8 Å². The molecule has 0 spiro atoms. The van der Waals surface area contributed by atoms with E-state index in [1.807, 2.05) is 54.6 Å². The number of thioether (sulfide) groups is 1. The van der Waals surface area contributed by atoms with Crippen LogP contribution in [0.1, 0.15) is 12.5 Å². The molecule has 152 valence electrons. The summed E-state index contributed by atoms with van der Waals surface area (Å²) in [5.41, 5.74) is 2.79. The van der Waals surface area contributed by atoms with Gasteiger partial charge in [0.05, 0.1) is 25.0 Å². The predicted molar refractivity (Wildman–Crippen MR) is 117 cm³/mol. The molecule has 3 aromatic rings. The van der Waals surface area contributed by atoms with Crippen LogP contribution in [0.15, 0.2) is 70.4 Å². The van der Waals surface area contributed by atoms with Crippen LogP contribution in [0.5, 0.6) is 5.75 Å². The Morgan fingerprint density at radius 2 is 1.90 bits per heavy atom. The fraction of sp³-hybridized carbons (Fsp3) is 0.182. The molecule has 4 rings (SSSR count). The minimum atomic E-state index is -0.400. The maximum absolute atomic E-state index is 12.7. The topological polar surface area (TPSA) is 78.6 Å². The summed E-state index contributed by atoms with van der Waals surface area (Å²) in [5.74, 6) is 1.45. The van der Waals surface area contributed by atoms with Crippen LogP contribution in [0.3, 0.4) is 0 Å². The second-order valence-corrected chi connectivity index (χ2v) is 7.31. The molecule has 0 unspecified atom stereocenters. The van der Waals surface area contributed by atoms with Crippen LogP contribution in [0.2, 0.25) is 0 Å². The maximum Gasteiger partial charge on any atom is 0.340 e. The number of ether oxygens (including phenoxy) is 2. The highest BCUT2D eigenvalue weighted by molar-refractivity contribution is 7.99. The zero-order valence-electron chi connectivity index (χ0n) is 16.6. The molecule has 7 nitrogen and oxygen atoms in total. The maximum atomic E-state index is 12.7. The van der Waals surface area contributed by atoms with E-state index < -0.39 is 5.97 Å². The lowest BCUT2D eigenvalue weighted by Crippen LogP contribution is -2.21. The molecular formula is C22H20N4O3S. The summed E-state index contributed by atoms with van der Waals surface area (Å²) in [6.45, 7) is 2.08. The zero-order chi connectivity index (χ0) is 20.9. The van der Waals surface area contributed by atoms with Crippen molar-refractivity contribution < 1.29 is 14.3 Å². The number of carbonyl (C=O) groups excluding carboxylic acids is 1. The molecule has 1 aliphatic rings. The molecule has 1 aromatic heterocycles. The quantitative estimate of drug-likeness (QED) is 0.444. The number of fused-ring (bicyclic) bond motifs is 1. The number of rotatable bonds is 6. The minimum absolute atomic E-state index is 0.292. The molecule has 2 aromatic carbocycles. The molecule has 0 fully saturated rings. The highest BCUT2D eigenvalue weighted by Crippen LogP contribution is 2.29. The number of benzene rings is 2. The lowest BCUT2D eigenvalue weighted by Gasteiger charge is -2.16. The number of aromatic nitrogens is 3. The van der Waals surface area contributed by atoms with Crippen LogP contribution in [0.4, 0.5) is 0 Å². The highest BCUT2D eigenvalue weighted by Gasteiger charge is 2.25. The molecular weight excluding hydrogens is 400 g/mol. The molecule has 0 N–H and O–H groups in total. The molecule has 0 saturated carbocycles. The molecule has 2 heterocycles. The Labute approximate surface area is 178 Å². The van der Waals surface area contributed by atoms with E-state index in [-0.39, 0.29) is 0 Å². The van der Waals surface area contributed by atoms with Gasteiger partial charge >= 0.3 is 5.97 Å². The predicted octanol–water partition coefficient (Wildman–Crippen LogP) is 3.91. The molecule has 0 radical (unpaired) electrons. The second-order valence-electron chi connectivity index (χ2n) is 6.37. The normalized spacial score (nSPS) is 13.4. The van der Waals surface area contributed by atoms with Gasteiger partial charge in [0.1, 0.15) is 5.75 Å². The van der Waals surface area contributed by atoms with E-state index in [9.17, 15) is 4.79 Å². The van der Waals surface area contributed by atoms with Gasteiger partial charge in [-0.25, -0.2) is 4.79 Å². The van der Waals surface area contributed by atoms with Crippen molar-refractivity contribution in [1.82, 2.24) is 14.9 Å². The van der Waals surface area contributed by atoms with Crippen molar-refractivity contribution in [3.63, 3.8) is 0 Å². The van der Waals surface area contributed by atoms with Crippen molar-refractivity contribution in [3.8, 4) is 17.1 Å². The first kappa shape index (κ1) is 19.9. The molecule has 8 heteroatoms. The van der Waals surface area contributed by atoms with Gasteiger partial charge < -0.3 is 9.47 Å². The van der Waals surface area contributed by atoms with E-state index >= 15 is 0 Å². The largest absolute Gasteiger partial charge is 0.497 e. The second kappa shape index (κ2) is 8.96. The molecule has 1 aliphatic heterocycles. The van der Waals surface area contributed by atoms with E-state index in [4.69, 9.17) is 14.6 Å². The summed E-state index contributed by atoms with van der Waals surface area (Å²) in [4.78, 5) is 12.7. The Morgan fingerprint density at radius 3 is 2.60 bits per heavy atom. The summed E-state index contributed by atoms with van der Waals surface area (Å²) in [6.07, 6.45) is 1.81. The van der Waals surface area contributed by atoms with Crippen molar-refractivity contribution in [3.05, 3.63) is 65.7 Å². The summed E-state index contributed by atoms with van der Waals surface area (Å²) < 4.78 is 12.2. The van der Waals surface area contributed by atoms with Gasteiger partial charge in [0, 0.05) is 11.3 Å². The number of esters is 1. The van der Waals surface area contributed by atoms with E-state index in [0.717, 1.165) is 16.9 Å². The molecule has 0 saturated heterocycles. The third kappa shape index (κ3) is 4.13. The smallest absolute Gasteiger partial charge is 0.340 e. The molecule has 0 atom stereocenters. The van der Waals surface area contributed by atoms with Gasteiger partial charge in [-0.15, -0.1) is 10.2 Å². The standard InChI is InChI=1S/C22H20N4O3S/c1-3-29-21(27)18(13-15-7-5-4-6-8-15)19-14-30-22-24-23-20(26(22)25-19)16-9-11-17(28-2)12-10-16/h4-13H,3,14H2,1-2H3/b18-13+. The van der Waals surface area contributed by atoms with Crippen LogP contribution in [0, 0.1) is 0 Å². The van der Waals surface area contributed by atoms with Crippen molar-refractivity contribution in [2.75, 3.05) is 19.5 Å². The van der Waals surface area contributed by atoms with Crippen LogP contribution < -0.4 is 4.74 Å². The fourth-order valence-electron chi connectivity index (χ4n) is 2.96. The van der Waals surface area contributed by atoms with Crippen LogP contribution in [-0.4, -0.2) is 46.0 Å². The van der Waals surface area contributed by atoms with Crippen molar-refractivity contribution >= 4 is 29.5 Å². The van der Waals surface area contributed by atoms with Crippen molar-refractivity contribution in [2.45, 2.75) is 12.1 Å². The lowest BCUT2D eigenvalue weighted by molar-refractivity contribution is -0.137. The summed E-state index contributed by atoms with van der Waals surface area (Å²) >= 11 is 1.48. The highest BCUT2D eigenvalue weighted by atomic mass is 32.2. The number of nitrogens with zero attached hydrogens (tertiary/aromatic N) is 4. The lowest BCUT2D eigenvalue weighted by atomic mass is 10.1. The van der Waals surface area contributed by atoms with Gasteiger partial charge in [0.15, 0.2) is 5.82 Å². The van der Waals surface area contributed by atoms with E-state index in [1.54, 1.807) is 24.8 Å². The van der Waals surface area contributed by atoms with E-state index in [2.05, 4.69) is 10.2 Å². The van der Waals surface area contributed by atoms with Gasteiger partial charge in [-0.3, -0.25) is 0 Å². The number of hydrogen-bond donors (Lipinski definition) is 0. The molecule has 0 aliphatic carbocycles. The first-order valence-corrected chi connectivity index (χ1v) is 10.4. The zero-order valence-corrected chi connectivity index (χ0v) is 17.4. The average molecular weight is 420 g/mol. The Balaban J connectivity index is 1.75. The summed E-state index contributed by atoms with van der Waals surface area (Å²) in [5, 5.41) is 13.9. The van der Waals surface area contributed by atoms with Gasteiger partial charge in [-0.05, 0) is 42.8 Å². The fourth-order valence-corrected chi connectivity index (χ4v) is 3.79. The van der Waals surface area contributed by atoms with Crippen LogP contribution in [-0.2, 0) is 9.53 Å². The third-order valence-corrected chi connectivity index (χ3v) is 5.37. The summed E-state index contributed by atoms with van der Waals surface area (Å²) in [7, 11) is 1.62. The first-order valence-electron chi connectivity index (χ1n) is 9.44.